The summed E-state index contributed by atoms with van der Waals surface area (Å²) in [5.74, 6) is 0.625. The van der Waals surface area contributed by atoms with Crippen LogP contribution < -0.4 is 5.32 Å². The van der Waals surface area contributed by atoms with Crippen LogP contribution in [-0.4, -0.2) is 36.2 Å². The number of ether oxygens (including phenoxy) is 1. The van der Waals surface area contributed by atoms with E-state index in [9.17, 15) is 4.79 Å². The number of piperidine rings is 1. The molecule has 0 spiro atoms. The van der Waals surface area contributed by atoms with Gasteiger partial charge in [0.2, 0.25) is 0 Å². The predicted octanol–water partition coefficient (Wildman–Crippen LogP) is 3.96. The predicted molar refractivity (Wildman–Crippen MR) is 95.8 cm³/mol. The maximum atomic E-state index is 12.1. The van der Waals surface area contributed by atoms with Gasteiger partial charge >= 0.3 is 6.09 Å². The summed E-state index contributed by atoms with van der Waals surface area (Å²) >= 11 is 0. The standard InChI is InChI=1S/C20H30N2O2/c1-16-12-18(14-22(13-16)19-10-6-3-7-11-19)21-20(23)24-15-17-8-4-2-5-9-17/h2,4-5,8-9,16,18-19H,3,6-7,10-15H2,1H3,(H,21,23). The van der Waals surface area contributed by atoms with Crippen molar-refractivity contribution >= 4 is 6.09 Å². The molecule has 1 saturated carbocycles. The highest BCUT2D eigenvalue weighted by Gasteiger charge is 2.31. The third-order valence-electron chi connectivity index (χ3n) is 5.31. The zero-order chi connectivity index (χ0) is 16.8. The molecule has 132 valence electrons. The van der Waals surface area contributed by atoms with E-state index < -0.39 is 0 Å². The molecule has 4 nitrogen and oxygen atoms in total. The molecule has 24 heavy (non-hydrogen) atoms. The van der Waals surface area contributed by atoms with Gasteiger partial charge in [0.05, 0.1) is 0 Å². The Balaban J connectivity index is 1.47. The molecule has 1 aliphatic carbocycles. The lowest BCUT2D eigenvalue weighted by molar-refractivity contribution is 0.0760. The number of alkyl carbamates (subject to hydrolysis) is 1. The van der Waals surface area contributed by atoms with Crippen LogP contribution in [0.15, 0.2) is 30.3 Å². The molecule has 0 aromatic heterocycles. The van der Waals surface area contributed by atoms with Crippen molar-refractivity contribution in [2.24, 2.45) is 5.92 Å². The number of rotatable bonds is 4. The van der Waals surface area contributed by atoms with Crippen LogP contribution in [0.3, 0.4) is 0 Å². The fraction of sp³-hybridized carbons (Fsp3) is 0.650. The highest BCUT2D eigenvalue weighted by molar-refractivity contribution is 5.67. The van der Waals surface area contributed by atoms with Crippen molar-refractivity contribution in [3.8, 4) is 0 Å². The minimum atomic E-state index is -0.290. The van der Waals surface area contributed by atoms with Gasteiger partial charge in [-0.05, 0) is 30.7 Å². The summed E-state index contributed by atoms with van der Waals surface area (Å²) in [6, 6.07) is 10.8. The van der Waals surface area contributed by atoms with Gasteiger partial charge in [0.1, 0.15) is 6.61 Å². The first-order chi connectivity index (χ1) is 11.7. The first kappa shape index (κ1) is 17.3. The topological polar surface area (TPSA) is 41.6 Å². The van der Waals surface area contributed by atoms with E-state index in [1.807, 2.05) is 30.3 Å². The van der Waals surface area contributed by atoms with Crippen LogP contribution in [0.25, 0.3) is 0 Å². The van der Waals surface area contributed by atoms with Crippen LogP contribution in [0.4, 0.5) is 4.79 Å². The van der Waals surface area contributed by atoms with Gasteiger partial charge in [-0.15, -0.1) is 0 Å². The summed E-state index contributed by atoms with van der Waals surface area (Å²) in [7, 11) is 0. The number of nitrogens with one attached hydrogen (secondary N) is 1. The molecule has 2 atom stereocenters. The maximum absolute atomic E-state index is 12.1. The van der Waals surface area contributed by atoms with Crippen molar-refractivity contribution in [1.29, 1.82) is 0 Å². The summed E-state index contributed by atoms with van der Waals surface area (Å²) < 4.78 is 5.38. The third kappa shape index (κ3) is 4.97. The molecule has 0 radical (unpaired) electrons. The molecule has 4 heteroatoms. The van der Waals surface area contributed by atoms with Crippen molar-refractivity contribution in [2.45, 2.75) is 64.1 Å². The van der Waals surface area contributed by atoms with Crippen molar-refractivity contribution < 1.29 is 9.53 Å². The second-order valence-electron chi connectivity index (χ2n) is 7.49. The summed E-state index contributed by atoms with van der Waals surface area (Å²) in [5, 5.41) is 3.09. The Morgan fingerprint density at radius 2 is 1.92 bits per heavy atom. The molecule has 2 unspecified atom stereocenters. The lowest BCUT2D eigenvalue weighted by Gasteiger charge is -2.42. The second-order valence-corrected chi connectivity index (χ2v) is 7.49. The van der Waals surface area contributed by atoms with E-state index in [4.69, 9.17) is 4.74 Å². The Hall–Kier alpha value is -1.55. The lowest BCUT2D eigenvalue weighted by atomic mass is 9.89. The second kappa shape index (κ2) is 8.52. The fourth-order valence-electron chi connectivity index (χ4n) is 4.17. The zero-order valence-electron chi connectivity index (χ0n) is 14.7. The quantitative estimate of drug-likeness (QED) is 0.908. The Labute approximate surface area is 145 Å². The van der Waals surface area contributed by atoms with Gasteiger partial charge in [-0.2, -0.15) is 0 Å². The molecule has 1 aromatic rings. The molecule has 1 aliphatic heterocycles. The van der Waals surface area contributed by atoms with Gasteiger partial charge < -0.3 is 10.1 Å². The molecule has 3 rings (SSSR count). The molecule has 0 bridgehead atoms. The van der Waals surface area contributed by atoms with Gasteiger partial charge in [-0.1, -0.05) is 56.5 Å². The average molecular weight is 330 g/mol. The van der Waals surface area contributed by atoms with Gasteiger partial charge in [-0.25, -0.2) is 4.79 Å². The molecule has 1 amide bonds. The van der Waals surface area contributed by atoms with E-state index in [-0.39, 0.29) is 12.1 Å². The van der Waals surface area contributed by atoms with Crippen LogP contribution in [0.5, 0.6) is 0 Å². The van der Waals surface area contributed by atoms with Crippen LogP contribution in [0.1, 0.15) is 51.0 Å². The highest BCUT2D eigenvalue weighted by Crippen LogP contribution is 2.27. The van der Waals surface area contributed by atoms with Crippen LogP contribution in [0, 0.1) is 5.92 Å². The highest BCUT2D eigenvalue weighted by atomic mass is 16.5. The monoisotopic (exact) mass is 330 g/mol. The number of amides is 1. The number of carbonyl (C=O) groups is 1. The van der Waals surface area contributed by atoms with Crippen molar-refractivity contribution in [3.05, 3.63) is 35.9 Å². The van der Waals surface area contributed by atoms with E-state index in [1.165, 1.54) is 38.6 Å². The number of hydrogen-bond donors (Lipinski definition) is 1. The first-order valence-electron chi connectivity index (χ1n) is 9.42. The minimum Gasteiger partial charge on any atom is -0.445 e. The maximum Gasteiger partial charge on any atom is 0.407 e. The van der Waals surface area contributed by atoms with Gasteiger partial charge in [-0.3, -0.25) is 4.90 Å². The van der Waals surface area contributed by atoms with Crippen LogP contribution in [0.2, 0.25) is 0 Å². The van der Waals surface area contributed by atoms with Gasteiger partial charge in [0.25, 0.3) is 0 Å². The molecule has 1 aromatic carbocycles. The summed E-state index contributed by atoms with van der Waals surface area (Å²) in [6.07, 6.45) is 7.48. The molecule has 1 heterocycles. The number of hydrogen-bond acceptors (Lipinski definition) is 3. The SMILES string of the molecule is CC1CC(NC(=O)OCc2ccccc2)CN(C2CCCCC2)C1. The Morgan fingerprint density at radius 3 is 2.67 bits per heavy atom. The minimum absolute atomic E-state index is 0.207. The average Bonchev–Trinajstić information content (AvgIpc) is 2.61. The first-order valence-corrected chi connectivity index (χ1v) is 9.42. The number of likely N-dealkylation sites (tertiary alicyclic amines) is 1. The van der Waals surface area contributed by atoms with Crippen molar-refractivity contribution in [1.82, 2.24) is 10.2 Å². The van der Waals surface area contributed by atoms with E-state index >= 15 is 0 Å². The number of carbonyl (C=O) groups excluding carboxylic acids is 1. The molecule has 2 aliphatic rings. The molecular formula is C20H30N2O2. The Bertz CT molecular complexity index is 514. The van der Waals surface area contributed by atoms with Crippen LogP contribution in [-0.2, 0) is 11.3 Å². The van der Waals surface area contributed by atoms with Crippen LogP contribution >= 0.6 is 0 Å². The van der Waals surface area contributed by atoms with E-state index in [2.05, 4.69) is 17.1 Å². The smallest absolute Gasteiger partial charge is 0.407 e. The molecular weight excluding hydrogens is 300 g/mol. The molecule has 2 fully saturated rings. The zero-order valence-corrected chi connectivity index (χ0v) is 14.7. The van der Waals surface area contributed by atoms with E-state index in [1.54, 1.807) is 0 Å². The Kier molecular flexibility index (Phi) is 6.13. The number of benzene rings is 1. The normalized spacial score (nSPS) is 26.0. The van der Waals surface area contributed by atoms with E-state index in [0.717, 1.165) is 18.5 Å². The van der Waals surface area contributed by atoms with Gasteiger partial charge in [0.15, 0.2) is 0 Å². The third-order valence-corrected chi connectivity index (χ3v) is 5.31. The largest absolute Gasteiger partial charge is 0.445 e. The lowest BCUT2D eigenvalue weighted by Crippen LogP contribution is -2.53. The van der Waals surface area contributed by atoms with E-state index in [0.29, 0.717) is 18.6 Å². The fourth-order valence-corrected chi connectivity index (χ4v) is 4.17. The van der Waals surface area contributed by atoms with Crippen molar-refractivity contribution in [3.63, 3.8) is 0 Å². The molecule has 1 saturated heterocycles. The Morgan fingerprint density at radius 1 is 1.17 bits per heavy atom. The number of nitrogens with zero attached hydrogens (tertiary/aromatic N) is 1. The summed E-state index contributed by atoms with van der Waals surface area (Å²) in [5.41, 5.74) is 1.02. The summed E-state index contributed by atoms with van der Waals surface area (Å²) in [4.78, 5) is 14.7. The van der Waals surface area contributed by atoms with Crippen molar-refractivity contribution in [2.75, 3.05) is 13.1 Å². The molecule has 1 N–H and O–H groups in total. The summed E-state index contributed by atoms with van der Waals surface area (Å²) in [6.45, 7) is 4.76. The van der Waals surface area contributed by atoms with Gasteiger partial charge in [0, 0.05) is 25.2 Å².